The summed E-state index contributed by atoms with van der Waals surface area (Å²) in [4.78, 5) is 2.29. The van der Waals surface area contributed by atoms with Crippen LogP contribution in [0.25, 0.3) is 21.5 Å². The van der Waals surface area contributed by atoms with Crippen molar-refractivity contribution in [1.82, 2.24) is 0 Å². The van der Waals surface area contributed by atoms with E-state index < -0.39 is 0 Å². The van der Waals surface area contributed by atoms with Crippen LogP contribution in [0.3, 0.4) is 0 Å². The van der Waals surface area contributed by atoms with Gasteiger partial charge in [-0.15, -0.1) is 0 Å². The Balaban J connectivity index is 1.71. The topological polar surface area (TPSA) is 3.24 Å². The first-order valence-corrected chi connectivity index (χ1v) is 9.13. The number of nitrogens with zero attached hydrogens (tertiary/aromatic N) is 1. The molecular weight excluding hydrogens is 326 g/mol. The van der Waals surface area contributed by atoms with E-state index in [0.29, 0.717) is 0 Å². The van der Waals surface area contributed by atoms with Gasteiger partial charge in [0.05, 0.1) is 0 Å². The Labute approximate surface area is 159 Å². The standard InChI is InChI=1S/C26H18N/c1-3-11-24(12-4-1)27(25-13-5-2-6-14-25)26-16-15-22-17-20-9-7-8-10-21(20)18-23(22)19-26/h1-8,10-19H. The van der Waals surface area contributed by atoms with Gasteiger partial charge in [-0.05, 0) is 76.1 Å². The first-order valence-electron chi connectivity index (χ1n) is 9.13. The molecule has 127 valence electrons. The van der Waals surface area contributed by atoms with E-state index in [0.717, 1.165) is 22.4 Å². The van der Waals surface area contributed by atoms with E-state index in [9.17, 15) is 0 Å². The lowest BCUT2D eigenvalue weighted by molar-refractivity contribution is 1.29. The molecule has 0 aliphatic rings. The summed E-state index contributed by atoms with van der Waals surface area (Å²) in [7, 11) is 0. The average molecular weight is 344 g/mol. The number of hydrogen-bond donors (Lipinski definition) is 0. The highest BCUT2D eigenvalue weighted by molar-refractivity contribution is 5.99. The number of fused-ring (bicyclic) bond motifs is 2. The van der Waals surface area contributed by atoms with Crippen LogP contribution in [0.4, 0.5) is 17.1 Å². The van der Waals surface area contributed by atoms with Gasteiger partial charge in [0.2, 0.25) is 0 Å². The summed E-state index contributed by atoms with van der Waals surface area (Å²) in [6, 6.07) is 41.6. The minimum absolute atomic E-state index is 1.15. The lowest BCUT2D eigenvalue weighted by Gasteiger charge is -2.25. The Morgan fingerprint density at radius 3 is 1.89 bits per heavy atom. The molecule has 0 fully saturated rings. The van der Waals surface area contributed by atoms with Gasteiger partial charge in [0.15, 0.2) is 0 Å². The lowest BCUT2D eigenvalue weighted by Crippen LogP contribution is -2.09. The van der Waals surface area contributed by atoms with E-state index in [4.69, 9.17) is 0 Å². The van der Waals surface area contributed by atoms with Gasteiger partial charge in [0.1, 0.15) is 0 Å². The monoisotopic (exact) mass is 344 g/mol. The quantitative estimate of drug-likeness (QED) is 0.311. The predicted octanol–water partition coefficient (Wildman–Crippen LogP) is 7.26. The second-order valence-corrected chi connectivity index (χ2v) is 6.65. The molecule has 5 rings (SSSR count). The Hall–Kier alpha value is -3.58. The van der Waals surface area contributed by atoms with Crippen molar-refractivity contribution in [3.8, 4) is 0 Å². The minimum Gasteiger partial charge on any atom is -0.310 e. The summed E-state index contributed by atoms with van der Waals surface area (Å²) < 4.78 is 0. The maximum Gasteiger partial charge on any atom is 0.0468 e. The third kappa shape index (κ3) is 2.94. The predicted molar refractivity (Wildman–Crippen MR) is 115 cm³/mol. The van der Waals surface area contributed by atoms with Gasteiger partial charge in [-0.25, -0.2) is 0 Å². The number of anilines is 3. The highest BCUT2D eigenvalue weighted by atomic mass is 15.1. The minimum atomic E-state index is 1.15. The maximum absolute atomic E-state index is 3.32. The van der Waals surface area contributed by atoms with Crippen molar-refractivity contribution in [2.24, 2.45) is 0 Å². The molecule has 1 nitrogen and oxygen atoms in total. The molecule has 0 aliphatic carbocycles. The molecule has 0 aliphatic heterocycles. The average Bonchev–Trinajstić information content (AvgIpc) is 2.74. The maximum atomic E-state index is 3.32. The molecule has 1 heteroatoms. The summed E-state index contributed by atoms with van der Waals surface area (Å²) in [6.45, 7) is 0. The first kappa shape index (κ1) is 15.7. The van der Waals surface area contributed by atoms with Crippen LogP contribution in [0.1, 0.15) is 0 Å². The van der Waals surface area contributed by atoms with Crippen LogP contribution in [0.15, 0.2) is 109 Å². The fourth-order valence-electron chi connectivity index (χ4n) is 3.60. The van der Waals surface area contributed by atoms with Crippen LogP contribution < -0.4 is 4.90 Å². The van der Waals surface area contributed by atoms with Crippen molar-refractivity contribution >= 4 is 38.6 Å². The summed E-state index contributed by atoms with van der Waals surface area (Å²) in [5, 5.41) is 4.83. The van der Waals surface area contributed by atoms with Crippen LogP contribution in [0, 0.1) is 6.07 Å². The molecule has 0 amide bonds. The second-order valence-electron chi connectivity index (χ2n) is 6.65. The van der Waals surface area contributed by atoms with E-state index in [2.05, 4.69) is 108 Å². The van der Waals surface area contributed by atoms with Crippen molar-refractivity contribution in [2.75, 3.05) is 4.90 Å². The number of rotatable bonds is 3. The highest BCUT2D eigenvalue weighted by Gasteiger charge is 2.12. The van der Waals surface area contributed by atoms with Crippen LogP contribution >= 0.6 is 0 Å². The molecule has 0 bridgehead atoms. The Kier molecular flexibility index (Phi) is 3.84. The van der Waals surface area contributed by atoms with Gasteiger partial charge in [-0.2, -0.15) is 0 Å². The third-order valence-corrected chi connectivity index (χ3v) is 4.89. The van der Waals surface area contributed by atoms with E-state index >= 15 is 0 Å². The van der Waals surface area contributed by atoms with Gasteiger partial charge in [-0.3, -0.25) is 0 Å². The van der Waals surface area contributed by atoms with Crippen molar-refractivity contribution in [3.05, 3.63) is 115 Å². The Bertz CT molecular complexity index is 1170. The van der Waals surface area contributed by atoms with E-state index in [1.54, 1.807) is 0 Å². The number of para-hydroxylation sites is 2. The van der Waals surface area contributed by atoms with Crippen molar-refractivity contribution < 1.29 is 0 Å². The SMILES string of the molecule is [c]1cccc2cc3cc(N(c4ccccc4)c4ccccc4)ccc3cc12. The fraction of sp³-hybridized carbons (Fsp3) is 0. The van der Waals surface area contributed by atoms with Crippen LogP contribution in [-0.4, -0.2) is 0 Å². The highest BCUT2D eigenvalue weighted by Crippen LogP contribution is 2.36. The van der Waals surface area contributed by atoms with E-state index in [1.807, 2.05) is 12.1 Å². The summed E-state index contributed by atoms with van der Waals surface area (Å²) in [6.07, 6.45) is 0. The summed E-state index contributed by atoms with van der Waals surface area (Å²) in [5.74, 6) is 0. The normalized spacial score (nSPS) is 11.0. The molecule has 0 heterocycles. The summed E-state index contributed by atoms with van der Waals surface area (Å²) in [5.41, 5.74) is 3.45. The molecule has 0 unspecified atom stereocenters. The molecule has 0 aromatic heterocycles. The molecule has 1 radical (unpaired) electrons. The van der Waals surface area contributed by atoms with E-state index in [1.165, 1.54) is 16.2 Å². The molecule has 0 spiro atoms. The summed E-state index contributed by atoms with van der Waals surface area (Å²) >= 11 is 0. The molecule has 5 aromatic carbocycles. The number of hydrogen-bond acceptors (Lipinski definition) is 1. The molecule has 27 heavy (non-hydrogen) atoms. The van der Waals surface area contributed by atoms with Gasteiger partial charge in [-0.1, -0.05) is 60.7 Å². The zero-order valence-electron chi connectivity index (χ0n) is 14.8. The third-order valence-electron chi connectivity index (χ3n) is 4.89. The molecule has 0 atom stereocenters. The van der Waals surface area contributed by atoms with Gasteiger partial charge in [0.25, 0.3) is 0 Å². The molecule has 5 aromatic rings. The second kappa shape index (κ2) is 6.62. The van der Waals surface area contributed by atoms with Gasteiger partial charge < -0.3 is 4.90 Å². The fourth-order valence-corrected chi connectivity index (χ4v) is 3.60. The molecular formula is C26H18N. The van der Waals surface area contributed by atoms with Crippen molar-refractivity contribution in [2.45, 2.75) is 0 Å². The zero-order valence-corrected chi connectivity index (χ0v) is 14.8. The van der Waals surface area contributed by atoms with E-state index in [-0.39, 0.29) is 0 Å². The van der Waals surface area contributed by atoms with Crippen molar-refractivity contribution in [3.63, 3.8) is 0 Å². The van der Waals surface area contributed by atoms with Gasteiger partial charge in [0, 0.05) is 17.1 Å². The molecule has 0 saturated carbocycles. The van der Waals surface area contributed by atoms with Crippen molar-refractivity contribution in [1.29, 1.82) is 0 Å². The van der Waals surface area contributed by atoms with Crippen LogP contribution in [0.2, 0.25) is 0 Å². The molecule has 0 saturated heterocycles. The van der Waals surface area contributed by atoms with Crippen LogP contribution in [-0.2, 0) is 0 Å². The Morgan fingerprint density at radius 1 is 0.481 bits per heavy atom. The zero-order chi connectivity index (χ0) is 18.1. The van der Waals surface area contributed by atoms with Crippen LogP contribution in [0.5, 0.6) is 0 Å². The lowest BCUT2D eigenvalue weighted by atomic mass is 10.0. The Morgan fingerprint density at radius 2 is 1.19 bits per heavy atom. The first-order chi connectivity index (χ1) is 13.4. The molecule has 0 N–H and O–H groups in total. The smallest absolute Gasteiger partial charge is 0.0468 e. The largest absolute Gasteiger partial charge is 0.310 e. The number of benzene rings is 5. The van der Waals surface area contributed by atoms with Gasteiger partial charge >= 0.3 is 0 Å².